The summed E-state index contributed by atoms with van der Waals surface area (Å²) in [5.41, 5.74) is 3.30. The summed E-state index contributed by atoms with van der Waals surface area (Å²) in [5.74, 6) is -0.113. The van der Waals surface area contributed by atoms with Crippen molar-refractivity contribution in [1.29, 1.82) is 0 Å². The molecular formula is C23H17ClN2O3S. The summed E-state index contributed by atoms with van der Waals surface area (Å²) in [6, 6.07) is 16.3. The molecule has 4 rings (SSSR count). The minimum absolute atomic E-state index is 0.0508. The number of hydrogen-bond donors (Lipinski definition) is 1. The zero-order chi connectivity index (χ0) is 21.4. The van der Waals surface area contributed by atoms with E-state index >= 15 is 0 Å². The molecule has 2 heterocycles. The molecule has 150 valence electrons. The molecule has 0 spiro atoms. The fourth-order valence-corrected chi connectivity index (χ4v) is 3.69. The number of thiocarbonyl (C=S) groups is 1. The van der Waals surface area contributed by atoms with E-state index in [4.69, 9.17) is 28.2 Å². The molecule has 0 bridgehead atoms. The van der Waals surface area contributed by atoms with E-state index in [0.29, 0.717) is 22.2 Å². The number of rotatable bonds is 3. The third-order valence-electron chi connectivity index (χ3n) is 4.94. The van der Waals surface area contributed by atoms with Gasteiger partial charge in [-0.1, -0.05) is 35.9 Å². The third-order valence-corrected chi connectivity index (χ3v) is 5.46. The average Bonchev–Trinajstić information content (AvgIpc) is 3.17. The molecule has 0 aliphatic carbocycles. The minimum Gasteiger partial charge on any atom is -0.457 e. The molecule has 7 heteroatoms. The number of halogens is 1. The second kappa shape index (κ2) is 7.89. The molecular weight excluding hydrogens is 420 g/mol. The molecule has 0 saturated carbocycles. The number of nitrogens with one attached hydrogen (secondary N) is 1. The molecule has 0 unspecified atom stereocenters. The molecule has 0 radical (unpaired) electrons. The number of carbonyl (C=O) groups excluding carboxylic acids is 2. The van der Waals surface area contributed by atoms with Gasteiger partial charge in [-0.3, -0.25) is 19.8 Å². The molecule has 1 aliphatic heterocycles. The Bertz CT molecular complexity index is 1230. The summed E-state index contributed by atoms with van der Waals surface area (Å²) in [6.45, 7) is 3.86. The number of amides is 2. The van der Waals surface area contributed by atoms with E-state index in [9.17, 15) is 9.59 Å². The van der Waals surface area contributed by atoms with Gasteiger partial charge >= 0.3 is 0 Å². The van der Waals surface area contributed by atoms with E-state index in [0.717, 1.165) is 16.7 Å². The molecule has 5 nitrogen and oxygen atoms in total. The molecule has 2 amide bonds. The van der Waals surface area contributed by atoms with E-state index in [1.165, 1.54) is 11.0 Å². The molecule has 1 N–H and O–H groups in total. The van der Waals surface area contributed by atoms with Crippen molar-refractivity contribution in [2.45, 2.75) is 13.8 Å². The molecule has 1 fully saturated rings. The minimum atomic E-state index is -0.563. The fourth-order valence-electron chi connectivity index (χ4n) is 3.22. The van der Waals surface area contributed by atoms with Crippen molar-refractivity contribution in [3.05, 3.63) is 82.1 Å². The van der Waals surface area contributed by atoms with Crippen LogP contribution >= 0.6 is 23.8 Å². The van der Waals surface area contributed by atoms with E-state index in [-0.39, 0.29) is 10.7 Å². The highest BCUT2D eigenvalue weighted by Crippen LogP contribution is 2.29. The molecule has 1 aliphatic rings. The number of hydrogen-bond acceptors (Lipinski definition) is 4. The van der Waals surface area contributed by atoms with Crippen LogP contribution in [-0.4, -0.2) is 16.9 Å². The van der Waals surface area contributed by atoms with Crippen LogP contribution in [0.25, 0.3) is 17.4 Å². The third kappa shape index (κ3) is 3.67. The first kappa shape index (κ1) is 20.1. The maximum absolute atomic E-state index is 13.2. The van der Waals surface area contributed by atoms with Crippen molar-refractivity contribution in [2.75, 3.05) is 4.90 Å². The first-order chi connectivity index (χ1) is 14.3. The second-order valence-corrected chi connectivity index (χ2v) is 7.71. The molecule has 3 aromatic rings. The summed E-state index contributed by atoms with van der Waals surface area (Å²) in [7, 11) is 0. The highest BCUT2D eigenvalue weighted by atomic mass is 35.5. The topological polar surface area (TPSA) is 62.6 Å². The Morgan fingerprint density at radius 3 is 2.60 bits per heavy atom. The van der Waals surface area contributed by atoms with Gasteiger partial charge in [-0.05, 0) is 73.6 Å². The summed E-state index contributed by atoms with van der Waals surface area (Å²) in [6.07, 6.45) is 1.42. The highest BCUT2D eigenvalue weighted by molar-refractivity contribution is 7.80. The van der Waals surface area contributed by atoms with E-state index in [2.05, 4.69) is 5.32 Å². The molecule has 30 heavy (non-hydrogen) atoms. The van der Waals surface area contributed by atoms with Gasteiger partial charge < -0.3 is 4.42 Å². The Morgan fingerprint density at radius 2 is 1.83 bits per heavy atom. The lowest BCUT2D eigenvalue weighted by atomic mass is 10.0. The van der Waals surface area contributed by atoms with Crippen molar-refractivity contribution in [1.82, 2.24) is 5.32 Å². The number of anilines is 1. The lowest BCUT2D eigenvalue weighted by Crippen LogP contribution is -2.54. The van der Waals surface area contributed by atoms with Crippen LogP contribution in [0.2, 0.25) is 5.02 Å². The number of furan rings is 1. The average molecular weight is 437 g/mol. The van der Waals surface area contributed by atoms with Crippen molar-refractivity contribution >= 4 is 52.5 Å². The Morgan fingerprint density at radius 1 is 1.07 bits per heavy atom. The predicted molar refractivity (Wildman–Crippen MR) is 121 cm³/mol. The van der Waals surface area contributed by atoms with E-state index < -0.39 is 11.8 Å². The van der Waals surface area contributed by atoms with Gasteiger partial charge in [0.25, 0.3) is 11.8 Å². The Labute approximate surface area is 183 Å². The van der Waals surface area contributed by atoms with Crippen LogP contribution in [0, 0.1) is 13.8 Å². The SMILES string of the molecule is Cc1cccc(N2C(=O)C(=Cc3ccc(-c4cccc(Cl)c4)o3)C(=O)NC2=S)c1C. The zero-order valence-electron chi connectivity index (χ0n) is 16.2. The summed E-state index contributed by atoms with van der Waals surface area (Å²) < 4.78 is 5.82. The van der Waals surface area contributed by atoms with Crippen LogP contribution in [0.1, 0.15) is 16.9 Å². The van der Waals surface area contributed by atoms with E-state index in [1.54, 1.807) is 30.3 Å². The van der Waals surface area contributed by atoms with Crippen LogP contribution in [0.5, 0.6) is 0 Å². The van der Waals surface area contributed by atoms with Gasteiger partial charge in [0.15, 0.2) is 5.11 Å². The molecule has 1 aromatic heterocycles. The number of aryl methyl sites for hydroxylation is 1. The number of benzene rings is 2. The van der Waals surface area contributed by atoms with Crippen LogP contribution in [0.15, 0.2) is 64.6 Å². The van der Waals surface area contributed by atoms with Gasteiger partial charge in [-0.15, -0.1) is 0 Å². The predicted octanol–water partition coefficient (Wildman–Crippen LogP) is 5.05. The fraction of sp³-hybridized carbons (Fsp3) is 0.0870. The Kier molecular flexibility index (Phi) is 5.28. The van der Waals surface area contributed by atoms with Crippen molar-refractivity contribution in [3.8, 4) is 11.3 Å². The first-order valence-electron chi connectivity index (χ1n) is 9.18. The van der Waals surface area contributed by atoms with Gasteiger partial charge in [-0.2, -0.15) is 0 Å². The van der Waals surface area contributed by atoms with Crippen molar-refractivity contribution in [2.24, 2.45) is 0 Å². The molecule has 2 aromatic carbocycles. The van der Waals surface area contributed by atoms with Gasteiger partial charge in [0, 0.05) is 10.6 Å². The molecule has 1 saturated heterocycles. The quantitative estimate of drug-likeness (QED) is 0.354. The second-order valence-electron chi connectivity index (χ2n) is 6.89. The summed E-state index contributed by atoms with van der Waals surface area (Å²) >= 11 is 11.3. The smallest absolute Gasteiger partial charge is 0.270 e. The Balaban J connectivity index is 1.71. The normalized spacial score (nSPS) is 15.6. The van der Waals surface area contributed by atoms with E-state index in [1.807, 2.05) is 38.1 Å². The van der Waals surface area contributed by atoms with Crippen LogP contribution < -0.4 is 10.2 Å². The van der Waals surface area contributed by atoms with Crippen LogP contribution in [0.4, 0.5) is 5.69 Å². The van der Waals surface area contributed by atoms with Crippen LogP contribution in [-0.2, 0) is 9.59 Å². The number of nitrogens with zero attached hydrogens (tertiary/aromatic N) is 1. The standard InChI is InChI=1S/C23H17ClN2O3S/c1-13-5-3-8-19(14(13)2)26-22(28)18(21(27)25-23(26)30)12-17-9-10-20(29-17)15-6-4-7-16(24)11-15/h3-12H,1-2H3,(H,25,27,30). The summed E-state index contributed by atoms with van der Waals surface area (Å²) in [4.78, 5) is 27.0. The highest BCUT2D eigenvalue weighted by Gasteiger charge is 2.35. The maximum Gasteiger partial charge on any atom is 0.270 e. The first-order valence-corrected chi connectivity index (χ1v) is 9.97. The van der Waals surface area contributed by atoms with Crippen LogP contribution in [0.3, 0.4) is 0 Å². The van der Waals surface area contributed by atoms with Crippen molar-refractivity contribution < 1.29 is 14.0 Å². The van der Waals surface area contributed by atoms with Gasteiger partial charge in [-0.25, -0.2) is 0 Å². The lowest BCUT2D eigenvalue weighted by molar-refractivity contribution is -0.122. The van der Waals surface area contributed by atoms with Gasteiger partial charge in [0.05, 0.1) is 5.69 Å². The van der Waals surface area contributed by atoms with Gasteiger partial charge in [0.2, 0.25) is 0 Å². The maximum atomic E-state index is 13.2. The monoisotopic (exact) mass is 436 g/mol. The zero-order valence-corrected chi connectivity index (χ0v) is 17.8. The number of carbonyl (C=O) groups is 2. The summed E-state index contributed by atoms with van der Waals surface area (Å²) in [5, 5.41) is 3.23. The Hall–Kier alpha value is -3.22. The van der Waals surface area contributed by atoms with Gasteiger partial charge in [0.1, 0.15) is 17.1 Å². The lowest BCUT2D eigenvalue weighted by Gasteiger charge is -2.30. The largest absolute Gasteiger partial charge is 0.457 e. The molecule has 0 atom stereocenters. The van der Waals surface area contributed by atoms with Crippen molar-refractivity contribution in [3.63, 3.8) is 0 Å².